The van der Waals surface area contributed by atoms with Crippen LogP contribution in [0.2, 0.25) is 0 Å². The van der Waals surface area contributed by atoms with Gasteiger partial charge in [-0.25, -0.2) is 4.98 Å². The number of aryl methyl sites for hydroxylation is 1. The molecule has 1 aromatic carbocycles. The summed E-state index contributed by atoms with van der Waals surface area (Å²) in [7, 11) is 0. The fourth-order valence-electron chi connectivity index (χ4n) is 5.86. The monoisotopic (exact) mass is 450 g/mol. The van der Waals surface area contributed by atoms with Crippen molar-refractivity contribution < 1.29 is 9.90 Å². The highest BCUT2D eigenvalue weighted by molar-refractivity contribution is 5.69. The lowest BCUT2D eigenvalue weighted by atomic mass is 9.74. The van der Waals surface area contributed by atoms with Crippen LogP contribution >= 0.6 is 0 Å². The van der Waals surface area contributed by atoms with Crippen LogP contribution in [0.25, 0.3) is 0 Å². The average Bonchev–Trinajstić information content (AvgIpc) is 2.84. The zero-order valence-corrected chi connectivity index (χ0v) is 20.0. The van der Waals surface area contributed by atoms with Crippen molar-refractivity contribution >= 4 is 11.8 Å². The van der Waals surface area contributed by atoms with Crippen molar-refractivity contribution in [2.24, 2.45) is 0 Å². The van der Waals surface area contributed by atoms with Crippen molar-refractivity contribution in [2.75, 3.05) is 31.5 Å². The second-order valence-corrected chi connectivity index (χ2v) is 9.59. The molecule has 0 spiro atoms. The molecule has 3 heterocycles. The number of carbonyl (C=O) groups is 1. The Balaban J connectivity index is 1.55. The van der Waals surface area contributed by atoms with Gasteiger partial charge in [-0.3, -0.25) is 9.69 Å². The van der Waals surface area contributed by atoms with Crippen LogP contribution in [0.4, 0.5) is 5.82 Å². The van der Waals surface area contributed by atoms with Gasteiger partial charge in [0.25, 0.3) is 0 Å². The molecule has 6 nitrogen and oxygen atoms in total. The molecule has 178 valence electrons. The van der Waals surface area contributed by atoms with Gasteiger partial charge in [0, 0.05) is 31.4 Å². The molecule has 0 aliphatic carbocycles. The highest BCUT2D eigenvalue weighted by Gasteiger charge is 2.46. The number of carboxylic acids is 1. The van der Waals surface area contributed by atoms with Crippen molar-refractivity contribution in [3.63, 3.8) is 0 Å². The second kappa shape index (κ2) is 10.7. The molecule has 1 saturated heterocycles. The third kappa shape index (κ3) is 5.07. The lowest BCUT2D eigenvalue weighted by Crippen LogP contribution is -2.65. The number of hydrogen-bond donors (Lipinski definition) is 3. The van der Waals surface area contributed by atoms with Crippen molar-refractivity contribution in [3.05, 3.63) is 59.3 Å². The van der Waals surface area contributed by atoms with E-state index in [9.17, 15) is 9.90 Å². The Hall–Kier alpha value is -2.44. The maximum Gasteiger partial charge on any atom is 0.317 e. The Morgan fingerprint density at radius 1 is 1.24 bits per heavy atom. The molecule has 0 bridgehead atoms. The molecular weight excluding hydrogens is 412 g/mol. The van der Waals surface area contributed by atoms with Crippen LogP contribution in [-0.2, 0) is 16.8 Å². The average molecular weight is 451 g/mol. The van der Waals surface area contributed by atoms with Gasteiger partial charge in [0.1, 0.15) is 5.82 Å². The van der Waals surface area contributed by atoms with Gasteiger partial charge in [-0.2, -0.15) is 0 Å². The van der Waals surface area contributed by atoms with Gasteiger partial charge in [-0.15, -0.1) is 0 Å². The van der Waals surface area contributed by atoms with Crippen LogP contribution in [0, 0.1) is 0 Å². The van der Waals surface area contributed by atoms with Gasteiger partial charge in [-0.05, 0) is 55.2 Å². The Bertz CT molecular complexity index is 935. The van der Waals surface area contributed by atoms with Gasteiger partial charge in [0.05, 0.1) is 12.1 Å². The molecule has 4 rings (SSSR count). The molecule has 3 atom stereocenters. The van der Waals surface area contributed by atoms with E-state index in [1.807, 2.05) is 6.07 Å². The minimum atomic E-state index is -0.758. The number of nitrogens with zero attached hydrogens (tertiary/aromatic N) is 2. The van der Waals surface area contributed by atoms with Crippen LogP contribution in [0.3, 0.4) is 0 Å². The van der Waals surface area contributed by atoms with E-state index in [1.165, 1.54) is 17.5 Å². The van der Waals surface area contributed by atoms with Gasteiger partial charge < -0.3 is 15.7 Å². The molecule has 2 aliphatic heterocycles. The lowest BCUT2D eigenvalue weighted by Gasteiger charge is -2.53. The number of carboxylic acid groups (broad SMARTS) is 1. The van der Waals surface area contributed by atoms with Gasteiger partial charge in [-0.1, -0.05) is 56.7 Å². The Morgan fingerprint density at radius 2 is 2.06 bits per heavy atom. The minimum Gasteiger partial charge on any atom is -0.480 e. The fourth-order valence-corrected chi connectivity index (χ4v) is 5.86. The van der Waals surface area contributed by atoms with Gasteiger partial charge in [0.15, 0.2) is 0 Å². The number of anilines is 1. The van der Waals surface area contributed by atoms with Crippen LogP contribution in [0.5, 0.6) is 0 Å². The van der Waals surface area contributed by atoms with E-state index in [2.05, 4.69) is 65.8 Å². The third-order valence-electron chi connectivity index (χ3n) is 7.54. The molecule has 0 saturated carbocycles. The van der Waals surface area contributed by atoms with Crippen LogP contribution in [0.15, 0.2) is 42.5 Å². The van der Waals surface area contributed by atoms with E-state index in [0.717, 1.165) is 63.3 Å². The van der Waals surface area contributed by atoms with Crippen molar-refractivity contribution in [1.29, 1.82) is 0 Å². The summed E-state index contributed by atoms with van der Waals surface area (Å²) in [5.74, 6) is 0.657. The summed E-state index contributed by atoms with van der Waals surface area (Å²) in [4.78, 5) is 18.9. The molecule has 2 aromatic rings. The highest BCUT2D eigenvalue weighted by atomic mass is 16.4. The van der Waals surface area contributed by atoms with Crippen LogP contribution in [0.1, 0.15) is 68.7 Å². The molecular formula is C27H38N4O2. The number of nitrogens with one attached hydrogen (secondary N) is 2. The molecule has 0 amide bonds. The topological polar surface area (TPSA) is 77.5 Å². The first-order chi connectivity index (χ1) is 16.0. The SMILES string of the molecule is CCC1NCCN(CC(=O)O)C1(CCCC(C)c1ccc2c(n1)NCCC2)c1ccccc1. The quantitative estimate of drug-likeness (QED) is 0.526. The molecule has 6 heteroatoms. The predicted molar refractivity (Wildman–Crippen MR) is 133 cm³/mol. The van der Waals surface area contributed by atoms with E-state index in [4.69, 9.17) is 4.98 Å². The number of pyridine rings is 1. The summed E-state index contributed by atoms with van der Waals surface area (Å²) in [6, 6.07) is 15.2. The normalized spacial score (nSPS) is 24.0. The number of benzene rings is 1. The number of aliphatic carboxylic acids is 1. The number of fused-ring (bicyclic) bond motifs is 1. The first-order valence-corrected chi connectivity index (χ1v) is 12.5. The van der Waals surface area contributed by atoms with Crippen LogP contribution < -0.4 is 10.6 Å². The summed E-state index contributed by atoms with van der Waals surface area (Å²) in [6.07, 6.45) is 6.19. The summed E-state index contributed by atoms with van der Waals surface area (Å²) < 4.78 is 0. The second-order valence-electron chi connectivity index (χ2n) is 9.59. The molecule has 1 fully saturated rings. The summed E-state index contributed by atoms with van der Waals surface area (Å²) in [5, 5.41) is 16.8. The molecule has 3 unspecified atom stereocenters. The van der Waals surface area contributed by atoms with Gasteiger partial charge in [0.2, 0.25) is 0 Å². The maximum atomic E-state index is 11.8. The summed E-state index contributed by atoms with van der Waals surface area (Å²) >= 11 is 0. The number of piperazine rings is 1. The smallest absolute Gasteiger partial charge is 0.317 e. The first kappa shape index (κ1) is 23.7. The zero-order chi connectivity index (χ0) is 23.3. The maximum absolute atomic E-state index is 11.8. The minimum absolute atomic E-state index is 0.0701. The Morgan fingerprint density at radius 3 is 2.82 bits per heavy atom. The Kier molecular flexibility index (Phi) is 7.66. The van der Waals surface area contributed by atoms with E-state index in [1.54, 1.807) is 0 Å². The van der Waals surface area contributed by atoms with Crippen molar-refractivity contribution in [3.8, 4) is 0 Å². The molecule has 3 N–H and O–H groups in total. The molecule has 0 radical (unpaired) electrons. The molecule has 33 heavy (non-hydrogen) atoms. The fraction of sp³-hybridized carbons (Fsp3) is 0.556. The lowest BCUT2D eigenvalue weighted by molar-refractivity contribution is -0.142. The van der Waals surface area contributed by atoms with Gasteiger partial charge >= 0.3 is 5.97 Å². The predicted octanol–water partition coefficient (Wildman–Crippen LogP) is 4.38. The highest BCUT2D eigenvalue weighted by Crippen LogP contribution is 2.41. The van der Waals surface area contributed by atoms with E-state index in [0.29, 0.717) is 5.92 Å². The largest absolute Gasteiger partial charge is 0.480 e. The number of hydrogen-bond acceptors (Lipinski definition) is 5. The van der Waals surface area contributed by atoms with Crippen molar-refractivity contribution in [2.45, 2.75) is 69.9 Å². The molecule has 1 aromatic heterocycles. The van der Waals surface area contributed by atoms with E-state index in [-0.39, 0.29) is 18.1 Å². The van der Waals surface area contributed by atoms with Crippen LogP contribution in [-0.4, -0.2) is 53.2 Å². The number of rotatable bonds is 9. The molecule has 2 aliphatic rings. The summed E-state index contributed by atoms with van der Waals surface area (Å²) in [6.45, 7) is 7.10. The van der Waals surface area contributed by atoms with E-state index < -0.39 is 5.97 Å². The number of aromatic nitrogens is 1. The third-order valence-corrected chi connectivity index (χ3v) is 7.54. The summed E-state index contributed by atoms with van der Waals surface area (Å²) in [5.41, 5.74) is 3.36. The Labute approximate surface area is 197 Å². The zero-order valence-electron chi connectivity index (χ0n) is 20.0. The first-order valence-electron chi connectivity index (χ1n) is 12.5. The standard InChI is InChI=1S/C27H38N4O2/c1-3-24-27(22-11-5-4-6-12-22,31(18-17-28-24)19-25(32)33)15-7-9-20(2)23-14-13-21-10-8-16-29-26(21)30-23/h4-6,11-14,20,24,28H,3,7-10,15-19H2,1-2H3,(H,29,30)(H,32,33). The van der Waals surface area contributed by atoms with Crippen molar-refractivity contribution in [1.82, 2.24) is 15.2 Å². The van der Waals surface area contributed by atoms with E-state index >= 15 is 0 Å².